The number of carbonyl (C=O) groups excluding carboxylic acids is 1. The molecular formula is C20H31N5O3. The van der Waals surface area contributed by atoms with Gasteiger partial charge < -0.3 is 9.88 Å². The summed E-state index contributed by atoms with van der Waals surface area (Å²) in [5.74, 6) is 0.545. The van der Waals surface area contributed by atoms with Crippen molar-refractivity contribution in [3.05, 3.63) is 32.6 Å². The molecule has 3 saturated heterocycles. The lowest BCUT2D eigenvalue weighted by molar-refractivity contribution is -0.136. The molecule has 4 rings (SSSR count). The Balaban J connectivity index is 1.28. The zero-order valence-corrected chi connectivity index (χ0v) is 16.5. The number of carbonyl (C=O) groups is 1. The van der Waals surface area contributed by atoms with Gasteiger partial charge in [0.2, 0.25) is 5.91 Å². The molecule has 1 unspecified atom stereocenters. The molecule has 28 heavy (non-hydrogen) atoms. The van der Waals surface area contributed by atoms with Gasteiger partial charge in [-0.3, -0.25) is 24.4 Å². The Morgan fingerprint density at radius 2 is 1.71 bits per heavy atom. The second-order valence-corrected chi connectivity index (χ2v) is 8.49. The van der Waals surface area contributed by atoms with E-state index < -0.39 is 5.69 Å². The molecule has 3 aliphatic rings. The van der Waals surface area contributed by atoms with Crippen molar-refractivity contribution in [3.8, 4) is 0 Å². The molecular weight excluding hydrogens is 358 g/mol. The van der Waals surface area contributed by atoms with Crippen LogP contribution in [0.25, 0.3) is 0 Å². The van der Waals surface area contributed by atoms with E-state index >= 15 is 0 Å². The third-order valence-corrected chi connectivity index (χ3v) is 6.50. The van der Waals surface area contributed by atoms with Gasteiger partial charge in [-0.2, -0.15) is 0 Å². The van der Waals surface area contributed by atoms with Crippen molar-refractivity contribution in [2.75, 3.05) is 39.3 Å². The zero-order valence-electron chi connectivity index (χ0n) is 16.5. The Bertz CT molecular complexity index is 761. The second-order valence-electron chi connectivity index (χ2n) is 8.49. The molecule has 1 amide bonds. The average Bonchev–Trinajstić information content (AvgIpc) is 3.22. The van der Waals surface area contributed by atoms with Gasteiger partial charge in [0.1, 0.15) is 0 Å². The summed E-state index contributed by atoms with van der Waals surface area (Å²) in [6.07, 6.45) is 6.58. The normalized spacial score (nSPS) is 25.3. The van der Waals surface area contributed by atoms with E-state index in [0.29, 0.717) is 24.2 Å². The minimum Gasteiger partial charge on any atom is -0.342 e. The van der Waals surface area contributed by atoms with Crippen molar-refractivity contribution < 1.29 is 4.79 Å². The first-order chi connectivity index (χ1) is 13.6. The van der Waals surface area contributed by atoms with Crippen molar-refractivity contribution in [1.29, 1.82) is 0 Å². The molecule has 154 valence electrons. The first kappa shape index (κ1) is 19.4. The van der Waals surface area contributed by atoms with E-state index in [1.165, 1.54) is 6.07 Å². The molecule has 1 aromatic heterocycles. The van der Waals surface area contributed by atoms with Crippen molar-refractivity contribution >= 4 is 5.91 Å². The number of amides is 1. The molecule has 3 aliphatic heterocycles. The fourth-order valence-corrected chi connectivity index (χ4v) is 5.02. The molecule has 0 aromatic carbocycles. The summed E-state index contributed by atoms with van der Waals surface area (Å²) < 4.78 is 0. The molecule has 4 heterocycles. The lowest BCUT2D eigenvalue weighted by Crippen LogP contribution is -2.51. The molecule has 0 bridgehead atoms. The minimum absolute atomic E-state index is 0.172. The van der Waals surface area contributed by atoms with Gasteiger partial charge in [-0.15, -0.1) is 0 Å². The first-order valence-electron chi connectivity index (χ1n) is 10.7. The number of piperidine rings is 2. The maximum atomic E-state index is 12.8. The van der Waals surface area contributed by atoms with E-state index in [1.807, 2.05) is 0 Å². The fraction of sp³-hybridized carbons (Fsp3) is 0.750. The highest BCUT2D eigenvalue weighted by atomic mass is 16.2. The van der Waals surface area contributed by atoms with Gasteiger partial charge in [-0.25, -0.2) is 4.79 Å². The third kappa shape index (κ3) is 4.55. The highest BCUT2D eigenvalue weighted by Crippen LogP contribution is 2.26. The monoisotopic (exact) mass is 389 g/mol. The molecule has 8 heteroatoms. The molecule has 1 atom stereocenters. The number of H-pyrrole nitrogens is 2. The van der Waals surface area contributed by atoms with E-state index in [4.69, 9.17) is 0 Å². The summed E-state index contributed by atoms with van der Waals surface area (Å²) in [5, 5.41) is 0. The molecule has 2 N–H and O–H groups in total. The van der Waals surface area contributed by atoms with Crippen LogP contribution in [0.1, 0.15) is 44.2 Å². The number of nitrogens with one attached hydrogen (secondary N) is 2. The van der Waals surface area contributed by atoms with Gasteiger partial charge in [0.25, 0.3) is 5.56 Å². The lowest BCUT2D eigenvalue weighted by Gasteiger charge is -2.42. The van der Waals surface area contributed by atoms with Crippen molar-refractivity contribution in [3.63, 3.8) is 0 Å². The van der Waals surface area contributed by atoms with Crippen LogP contribution in [0.3, 0.4) is 0 Å². The number of hydrogen-bond donors (Lipinski definition) is 2. The summed E-state index contributed by atoms with van der Waals surface area (Å²) in [7, 11) is 0. The van der Waals surface area contributed by atoms with Crippen molar-refractivity contribution in [1.82, 2.24) is 24.7 Å². The summed E-state index contributed by atoms with van der Waals surface area (Å²) in [5.41, 5.74) is -0.128. The molecule has 0 radical (unpaired) electrons. The highest BCUT2D eigenvalue weighted by Gasteiger charge is 2.34. The smallest absolute Gasteiger partial charge is 0.325 e. The van der Waals surface area contributed by atoms with Gasteiger partial charge in [0, 0.05) is 57.1 Å². The number of nitrogens with zero attached hydrogens (tertiary/aromatic N) is 3. The molecule has 0 spiro atoms. The fourth-order valence-electron chi connectivity index (χ4n) is 5.02. The topological polar surface area (TPSA) is 92.5 Å². The molecule has 1 aromatic rings. The van der Waals surface area contributed by atoms with Crippen LogP contribution in [-0.2, 0) is 11.3 Å². The predicted molar refractivity (Wildman–Crippen MR) is 106 cm³/mol. The Hall–Kier alpha value is -1.93. The largest absolute Gasteiger partial charge is 0.342 e. The van der Waals surface area contributed by atoms with Crippen molar-refractivity contribution in [2.24, 2.45) is 5.92 Å². The standard InChI is InChI=1S/C20H31N5O3/c26-18-12-16(21-20(28)22-18)14-23-10-5-17(6-11-23)25-9-3-4-15(13-25)19(27)24-7-1-2-8-24/h12,15,17H,1-11,13-14H2,(H2,21,22,26,28). The Kier molecular flexibility index (Phi) is 5.96. The van der Waals surface area contributed by atoms with Crippen LogP contribution >= 0.6 is 0 Å². The van der Waals surface area contributed by atoms with E-state index in [1.54, 1.807) is 0 Å². The maximum Gasteiger partial charge on any atom is 0.325 e. The summed E-state index contributed by atoms with van der Waals surface area (Å²) >= 11 is 0. The number of likely N-dealkylation sites (tertiary alicyclic amines) is 3. The quantitative estimate of drug-likeness (QED) is 0.776. The van der Waals surface area contributed by atoms with Gasteiger partial charge in [0.05, 0.1) is 5.92 Å². The van der Waals surface area contributed by atoms with Crippen molar-refractivity contribution in [2.45, 2.75) is 51.1 Å². The third-order valence-electron chi connectivity index (χ3n) is 6.50. The van der Waals surface area contributed by atoms with Crippen LogP contribution in [0, 0.1) is 5.92 Å². The lowest BCUT2D eigenvalue weighted by atomic mass is 9.93. The van der Waals surface area contributed by atoms with Crippen LogP contribution in [-0.4, -0.2) is 75.9 Å². The van der Waals surface area contributed by atoms with Gasteiger partial charge in [-0.05, 0) is 45.1 Å². The number of aromatic amines is 2. The van der Waals surface area contributed by atoms with Gasteiger partial charge in [0.15, 0.2) is 0 Å². The molecule has 3 fully saturated rings. The summed E-state index contributed by atoms with van der Waals surface area (Å²) in [4.78, 5) is 47.5. The Labute approximate surface area is 164 Å². The highest BCUT2D eigenvalue weighted by molar-refractivity contribution is 5.79. The number of rotatable bonds is 4. The summed E-state index contributed by atoms with van der Waals surface area (Å²) in [6.45, 7) is 6.37. The average molecular weight is 390 g/mol. The Morgan fingerprint density at radius 3 is 2.43 bits per heavy atom. The second kappa shape index (κ2) is 8.61. The minimum atomic E-state index is -0.445. The number of hydrogen-bond acceptors (Lipinski definition) is 5. The zero-order chi connectivity index (χ0) is 19.5. The number of aromatic nitrogens is 2. The van der Waals surface area contributed by atoms with Gasteiger partial charge in [-0.1, -0.05) is 0 Å². The first-order valence-corrected chi connectivity index (χ1v) is 10.7. The predicted octanol–water partition coefficient (Wildman–Crippen LogP) is 0.362. The van der Waals surface area contributed by atoms with Crippen LogP contribution < -0.4 is 11.2 Å². The SMILES string of the molecule is O=C(C1CCCN(C2CCN(Cc3cc(=O)[nH]c(=O)[nH]3)CC2)C1)N1CCCC1. The molecule has 0 aliphatic carbocycles. The molecule has 8 nitrogen and oxygen atoms in total. The van der Waals surface area contributed by atoms with E-state index in [0.717, 1.165) is 77.8 Å². The van der Waals surface area contributed by atoms with Crippen LogP contribution in [0.5, 0.6) is 0 Å². The van der Waals surface area contributed by atoms with E-state index in [2.05, 4.69) is 24.7 Å². The molecule has 0 saturated carbocycles. The maximum absolute atomic E-state index is 12.8. The van der Waals surface area contributed by atoms with E-state index in [9.17, 15) is 14.4 Å². The van der Waals surface area contributed by atoms with Crippen LogP contribution in [0.4, 0.5) is 0 Å². The summed E-state index contributed by atoms with van der Waals surface area (Å²) in [6, 6.07) is 2.00. The Morgan fingerprint density at radius 1 is 0.964 bits per heavy atom. The van der Waals surface area contributed by atoms with Gasteiger partial charge >= 0.3 is 5.69 Å². The van der Waals surface area contributed by atoms with E-state index in [-0.39, 0.29) is 11.5 Å². The van der Waals surface area contributed by atoms with Crippen LogP contribution in [0.2, 0.25) is 0 Å². The van der Waals surface area contributed by atoms with Crippen LogP contribution in [0.15, 0.2) is 15.7 Å².